The molecular weight excluding hydrogens is 254 g/mol. The van der Waals surface area contributed by atoms with Gasteiger partial charge in [0.1, 0.15) is 0 Å². The molecule has 0 fully saturated rings. The van der Waals surface area contributed by atoms with E-state index in [1.54, 1.807) is 6.92 Å². The molecule has 0 atom stereocenters. The molecule has 0 aliphatic carbocycles. The van der Waals surface area contributed by atoms with Crippen molar-refractivity contribution >= 4 is 52.7 Å². The van der Waals surface area contributed by atoms with Gasteiger partial charge in [-0.25, -0.2) is 0 Å². The normalized spacial score (nSPS) is 10.2. The smallest absolute Gasteiger partial charge is 0.153 e. The maximum Gasteiger partial charge on any atom is 0.153 e. The van der Waals surface area contributed by atoms with Crippen LogP contribution in [0.2, 0.25) is 20.1 Å². The summed E-state index contributed by atoms with van der Waals surface area (Å²) < 4.78 is 0. The number of benzene rings is 1. The van der Waals surface area contributed by atoms with Gasteiger partial charge in [-0.1, -0.05) is 46.4 Å². The van der Waals surface area contributed by atoms with E-state index in [1.807, 2.05) is 0 Å². The van der Waals surface area contributed by atoms with Crippen LogP contribution in [0.15, 0.2) is 0 Å². The highest BCUT2D eigenvalue weighted by Gasteiger charge is 2.16. The summed E-state index contributed by atoms with van der Waals surface area (Å²) >= 11 is 23.1. The zero-order valence-electron chi connectivity index (χ0n) is 6.50. The van der Waals surface area contributed by atoms with Crippen LogP contribution in [0.4, 0.5) is 0 Å². The van der Waals surface area contributed by atoms with Gasteiger partial charge in [-0.3, -0.25) is 4.79 Å². The highest BCUT2D eigenvalue weighted by atomic mass is 35.5. The summed E-state index contributed by atoms with van der Waals surface area (Å²) in [5.41, 5.74) is 0.702. The molecule has 1 aromatic rings. The molecule has 70 valence electrons. The van der Waals surface area contributed by atoms with Gasteiger partial charge in [0.2, 0.25) is 0 Å². The molecular formula is C8H4Cl4O. The Hall–Kier alpha value is 0.0500. The van der Waals surface area contributed by atoms with E-state index in [2.05, 4.69) is 0 Å². The summed E-state index contributed by atoms with van der Waals surface area (Å²) in [6, 6.07) is 0. The van der Waals surface area contributed by atoms with Crippen molar-refractivity contribution in [2.45, 2.75) is 6.92 Å². The Bertz CT molecular complexity index is 344. The minimum atomic E-state index is 0.129. The average molecular weight is 258 g/mol. The summed E-state index contributed by atoms with van der Waals surface area (Å²) in [7, 11) is 0. The van der Waals surface area contributed by atoms with Crippen LogP contribution in [0.3, 0.4) is 0 Å². The van der Waals surface area contributed by atoms with E-state index >= 15 is 0 Å². The standard InChI is InChI=1S/C8H4Cl4O/c1-3-5(9)7(11)4(2-13)8(12)6(3)10/h2H,1H3. The lowest BCUT2D eigenvalue weighted by Gasteiger charge is -2.08. The van der Waals surface area contributed by atoms with Gasteiger partial charge < -0.3 is 0 Å². The monoisotopic (exact) mass is 256 g/mol. The van der Waals surface area contributed by atoms with Crippen LogP contribution < -0.4 is 0 Å². The van der Waals surface area contributed by atoms with Crippen molar-refractivity contribution in [3.05, 3.63) is 31.2 Å². The third kappa shape index (κ3) is 1.79. The molecule has 0 aliphatic heterocycles. The number of hydrogen-bond acceptors (Lipinski definition) is 1. The number of aldehydes is 1. The lowest BCUT2D eigenvalue weighted by atomic mass is 10.1. The van der Waals surface area contributed by atoms with Gasteiger partial charge in [0.25, 0.3) is 0 Å². The van der Waals surface area contributed by atoms with Crippen molar-refractivity contribution in [1.29, 1.82) is 0 Å². The van der Waals surface area contributed by atoms with Crippen LogP contribution in [0.5, 0.6) is 0 Å². The van der Waals surface area contributed by atoms with Crippen molar-refractivity contribution in [1.82, 2.24) is 0 Å². The number of rotatable bonds is 1. The van der Waals surface area contributed by atoms with E-state index in [0.717, 1.165) is 0 Å². The zero-order valence-corrected chi connectivity index (χ0v) is 9.52. The molecule has 0 radical (unpaired) electrons. The number of halogens is 4. The first-order valence-corrected chi connectivity index (χ1v) is 4.79. The molecule has 0 heterocycles. The molecule has 0 saturated carbocycles. The Morgan fingerprint density at radius 2 is 1.31 bits per heavy atom. The first-order chi connectivity index (χ1) is 6.00. The van der Waals surface area contributed by atoms with E-state index in [0.29, 0.717) is 11.8 Å². The lowest BCUT2D eigenvalue weighted by Crippen LogP contribution is -1.90. The van der Waals surface area contributed by atoms with Gasteiger partial charge in [0.05, 0.1) is 25.7 Å². The SMILES string of the molecule is Cc1c(Cl)c(Cl)c(C=O)c(Cl)c1Cl. The molecule has 0 aliphatic rings. The van der Waals surface area contributed by atoms with E-state index in [4.69, 9.17) is 46.4 Å². The molecule has 0 saturated heterocycles. The van der Waals surface area contributed by atoms with Crippen molar-refractivity contribution in [3.8, 4) is 0 Å². The number of carbonyl (C=O) groups is 1. The topological polar surface area (TPSA) is 17.1 Å². The summed E-state index contributed by atoms with van der Waals surface area (Å²) in [6.45, 7) is 1.68. The van der Waals surface area contributed by atoms with Crippen LogP contribution in [0.1, 0.15) is 15.9 Å². The van der Waals surface area contributed by atoms with Gasteiger partial charge in [-0.05, 0) is 12.5 Å². The van der Waals surface area contributed by atoms with E-state index < -0.39 is 0 Å². The number of carbonyl (C=O) groups excluding carboxylic acids is 1. The van der Waals surface area contributed by atoms with Crippen molar-refractivity contribution in [2.24, 2.45) is 0 Å². The third-order valence-corrected chi connectivity index (χ3v) is 3.56. The van der Waals surface area contributed by atoms with Crippen molar-refractivity contribution in [3.63, 3.8) is 0 Å². The van der Waals surface area contributed by atoms with Gasteiger partial charge >= 0.3 is 0 Å². The molecule has 0 aromatic heterocycles. The first kappa shape index (κ1) is 11.1. The van der Waals surface area contributed by atoms with E-state index in [9.17, 15) is 4.79 Å². The maximum atomic E-state index is 10.6. The number of hydrogen-bond donors (Lipinski definition) is 0. The maximum absolute atomic E-state index is 10.6. The molecule has 0 N–H and O–H groups in total. The van der Waals surface area contributed by atoms with E-state index in [-0.39, 0.29) is 25.7 Å². The highest BCUT2D eigenvalue weighted by Crippen LogP contribution is 2.39. The van der Waals surface area contributed by atoms with Crippen LogP contribution in [0.25, 0.3) is 0 Å². The second kappa shape index (κ2) is 4.05. The molecule has 5 heteroatoms. The zero-order chi connectivity index (χ0) is 10.2. The van der Waals surface area contributed by atoms with Crippen molar-refractivity contribution in [2.75, 3.05) is 0 Å². The van der Waals surface area contributed by atoms with E-state index in [1.165, 1.54) is 0 Å². The second-order valence-electron chi connectivity index (χ2n) is 2.41. The molecule has 0 amide bonds. The summed E-state index contributed by atoms with van der Waals surface area (Å²) in [4.78, 5) is 10.6. The Kier molecular flexibility index (Phi) is 3.47. The van der Waals surface area contributed by atoms with Crippen molar-refractivity contribution < 1.29 is 4.79 Å². The second-order valence-corrected chi connectivity index (χ2v) is 3.92. The van der Waals surface area contributed by atoms with Gasteiger partial charge in [0, 0.05) is 0 Å². The lowest BCUT2D eigenvalue weighted by molar-refractivity contribution is 0.112. The molecule has 1 nitrogen and oxygen atoms in total. The Morgan fingerprint density at radius 1 is 0.923 bits per heavy atom. The first-order valence-electron chi connectivity index (χ1n) is 3.28. The van der Waals surface area contributed by atoms with Gasteiger partial charge in [-0.2, -0.15) is 0 Å². The van der Waals surface area contributed by atoms with Crippen LogP contribution >= 0.6 is 46.4 Å². The minimum absolute atomic E-state index is 0.129. The van der Waals surface area contributed by atoms with Crippen LogP contribution in [0, 0.1) is 6.92 Å². The fourth-order valence-corrected chi connectivity index (χ4v) is 1.91. The van der Waals surface area contributed by atoms with Gasteiger partial charge in [-0.15, -0.1) is 0 Å². The Labute approximate surface area is 95.5 Å². The average Bonchev–Trinajstić information content (AvgIpc) is 2.13. The molecule has 1 rings (SSSR count). The molecule has 1 aromatic carbocycles. The molecule has 0 unspecified atom stereocenters. The summed E-state index contributed by atoms with van der Waals surface area (Å²) in [6.07, 6.45) is 0.530. The quantitative estimate of drug-likeness (QED) is 0.538. The molecule has 0 bridgehead atoms. The fraction of sp³-hybridized carbons (Fsp3) is 0.125. The minimum Gasteiger partial charge on any atom is -0.298 e. The van der Waals surface area contributed by atoms with Gasteiger partial charge in [0.15, 0.2) is 6.29 Å². The summed E-state index contributed by atoms with van der Waals surface area (Å²) in [5, 5.41) is 0.809. The predicted octanol–water partition coefficient (Wildman–Crippen LogP) is 4.42. The highest BCUT2D eigenvalue weighted by molar-refractivity contribution is 6.50. The van der Waals surface area contributed by atoms with Crippen LogP contribution in [-0.4, -0.2) is 6.29 Å². The third-order valence-electron chi connectivity index (χ3n) is 1.63. The summed E-state index contributed by atoms with van der Waals surface area (Å²) in [5.74, 6) is 0. The Morgan fingerprint density at radius 3 is 1.62 bits per heavy atom. The fourth-order valence-electron chi connectivity index (χ4n) is 0.862. The largest absolute Gasteiger partial charge is 0.298 e. The van der Waals surface area contributed by atoms with Crippen LogP contribution in [-0.2, 0) is 0 Å². The Balaban J connectivity index is 3.66. The molecule has 0 spiro atoms. The molecule has 13 heavy (non-hydrogen) atoms. The predicted molar refractivity (Wildman–Crippen MR) is 56.6 cm³/mol.